The van der Waals surface area contributed by atoms with Crippen molar-refractivity contribution in [3.05, 3.63) is 52.0 Å². The molecule has 0 saturated carbocycles. The predicted octanol–water partition coefficient (Wildman–Crippen LogP) is 5.22. The number of cyclic esters (lactones) is 1. The first-order chi connectivity index (χ1) is 9.85. The zero-order chi connectivity index (χ0) is 15.2. The van der Waals surface area contributed by atoms with Crippen molar-refractivity contribution in [2.75, 3.05) is 5.32 Å². The van der Waals surface area contributed by atoms with Gasteiger partial charge in [-0.15, -0.1) is 0 Å². The topological polar surface area (TPSA) is 38.3 Å². The minimum Gasteiger partial charge on any atom is -0.438 e. The first-order valence-electron chi connectivity index (χ1n) is 6.77. The van der Waals surface area contributed by atoms with E-state index >= 15 is 0 Å². The van der Waals surface area contributed by atoms with E-state index in [1.807, 2.05) is 26.0 Å². The van der Waals surface area contributed by atoms with Gasteiger partial charge in [0.15, 0.2) is 0 Å². The number of hydrogen-bond acceptors (Lipinski definition) is 2. The van der Waals surface area contributed by atoms with E-state index in [1.54, 1.807) is 0 Å². The van der Waals surface area contributed by atoms with Crippen LogP contribution in [0.1, 0.15) is 25.0 Å². The Morgan fingerprint density at radius 3 is 2.57 bits per heavy atom. The number of fused-ring (bicyclic) bond motifs is 1. The molecule has 3 rings (SSSR count). The molecule has 0 spiro atoms. The molecule has 108 valence electrons. The molecule has 1 aliphatic heterocycles. The third kappa shape index (κ3) is 2.68. The number of aryl methyl sites for hydroxylation is 1. The van der Waals surface area contributed by atoms with Crippen LogP contribution in [-0.4, -0.2) is 6.09 Å². The van der Waals surface area contributed by atoms with Gasteiger partial charge in [0.1, 0.15) is 5.60 Å². The molecule has 1 heterocycles. The average Bonchev–Trinajstić information content (AvgIpc) is 2.36. The zero-order valence-corrected chi connectivity index (χ0v) is 13.7. The van der Waals surface area contributed by atoms with Gasteiger partial charge in [0.05, 0.1) is 5.69 Å². The summed E-state index contributed by atoms with van der Waals surface area (Å²) in [6, 6.07) is 12.3. The normalized spacial score (nSPS) is 15.9. The molecule has 0 unspecified atom stereocenters. The van der Waals surface area contributed by atoms with Gasteiger partial charge in [-0.2, -0.15) is 0 Å². The second-order valence-electron chi connectivity index (χ2n) is 5.80. The van der Waals surface area contributed by atoms with Crippen LogP contribution in [-0.2, 0) is 10.3 Å². The number of nitrogens with one attached hydrogen (secondary N) is 1. The van der Waals surface area contributed by atoms with Crippen LogP contribution >= 0.6 is 15.9 Å². The van der Waals surface area contributed by atoms with E-state index in [0.717, 1.165) is 26.9 Å². The first-order valence-corrected chi connectivity index (χ1v) is 7.56. The van der Waals surface area contributed by atoms with Gasteiger partial charge in [0.2, 0.25) is 0 Å². The van der Waals surface area contributed by atoms with Crippen molar-refractivity contribution in [3.8, 4) is 11.1 Å². The van der Waals surface area contributed by atoms with Gasteiger partial charge in [-0.05, 0) is 61.7 Å². The van der Waals surface area contributed by atoms with Crippen molar-refractivity contribution in [2.45, 2.75) is 26.4 Å². The SMILES string of the molecule is Cc1cc(Br)cc(-c2ccc3c(c2)C(C)(C)OC(=O)N3)c1. The highest BCUT2D eigenvalue weighted by Crippen LogP contribution is 2.38. The monoisotopic (exact) mass is 345 g/mol. The Kier molecular flexibility index (Phi) is 3.29. The van der Waals surface area contributed by atoms with Crippen molar-refractivity contribution in [1.82, 2.24) is 0 Å². The highest BCUT2D eigenvalue weighted by atomic mass is 79.9. The molecule has 1 amide bonds. The lowest BCUT2D eigenvalue weighted by Crippen LogP contribution is -2.34. The van der Waals surface area contributed by atoms with Gasteiger partial charge in [0, 0.05) is 10.0 Å². The summed E-state index contributed by atoms with van der Waals surface area (Å²) in [5.74, 6) is 0. The average molecular weight is 346 g/mol. The molecule has 1 aliphatic rings. The molecule has 0 bridgehead atoms. The van der Waals surface area contributed by atoms with Crippen LogP contribution in [0.3, 0.4) is 0 Å². The molecule has 4 heteroatoms. The summed E-state index contributed by atoms with van der Waals surface area (Å²) in [5, 5.41) is 2.75. The predicted molar refractivity (Wildman–Crippen MR) is 87.4 cm³/mol. The van der Waals surface area contributed by atoms with E-state index < -0.39 is 11.7 Å². The number of benzene rings is 2. The number of amides is 1. The van der Waals surface area contributed by atoms with E-state index in [-0.39, 0.29) is 0 Å². The summed E-state index contributed by atoms with van der Waals surface area (Å²) in [4.78, 5) is 11.5. The fraction of sp³-hybridized carbons (Fsp3) is 0.235. The van der Waals surface area contributed by atoms with Gasteiger partial charge < -0.3 is 4.74 Å². The van der Waals surface area contributed by atoms with E-state index in [0.29, 0.717) is 0 Å². The molecule has 2 aromatic rings. The van der Waals surface area contributed by atoms with E-state index in [9.17, 15) is 4.79 Å². The van der Waals surface area contributed by atoms with Crippen molar-refractivity contribution >= 4 is 27.7 Å². The van der Waals surface area contributed by atoms with E-state index in [1.165, 1.54) is 5.56 Å². The van der Waals surface area contributed by atoms with Gasteiger partial charge in [-0.25, -0.2) is 4.79 Å². The molecule has 0 aliphatic carbocycles. The molecular weight excluding hydrogens is 330 g/mol. The maximum Gasteiger partial charge on any atom is 0.412 e. The summed E-state index contributed by atoms with van der Waals surface area (Å²) >= 11 is 3.53. The van der Waals surface area contributed by atoms with Crippen LogP contribution in [0.4, 0.5) is 10.5 Å². The van der Waals surface area contributed by atoms with E-state index in [2.05, 4.69) is 52.4 Å². The quantitative estimate of drug-likeness (QED) is 0.769. The van der Waals surface area contributed by atoms with Crippen LogP contribution < -0.4 is 5.32 Å². The maximum atomic E-state index is 11.5. The van der Waals surface area contributed by atoms with Gasteiger partial charge in [0.25, 0.3) is 0 Å². The van der Waals surface area contributed by atoms with Gasteiger partial charge >= 0.3 is 6.09 Å². The summed E-state index contributed by atoms with van der Waals surface area (Å²) in [6.45, 7) is 5.88. The number of carbonyl (C=O) groups excluding carboxylic acids is 1. The summed E-state index contributed by atoms with van der Waals surface area (Å²) in [6.07, 6.45) is -0.404. The lowest BCUT2D eigenvalue weighted by molar-refractivity contribution is 0.0421. The molecule has 0 radical (unpaired) electrons. The van der Waals surface area contributed by atoms with Crippen LogP contribution in [0.2, 0.25) is 0 Å². The maximum absolute atomic E-state index is 11.5. The standard InChI is InChI=1S/C17H16BrNO2/c1-10-6-12(8-13(18)7-10)11-4-5-15-14(9-11)17(2,3)21-16(20)19-15/h4-9H,1-3H3,(H,19,20). The molecule has 0 saturated heterocycles. The minimum absolute atomic E-state index is 0.404. The smallest absolute Gasteiger partial charge is 0.412 e. The lowest BCUT2D eigenvalue weighted by atomic mass is 9.91. The first kappa shape index (κ1) is 14.1. The second kappa shape index (κ2) is 4.88. The molecule has 2 aromatic carbocycles. The third-order valence-electron chi connectivity index (χ3n) is 3.63. The number of ether oxygens (including phenoxy) is 1. The number of carbonyl (C=O) groups is 1. The number of rotatable bonds is 1. The largest absolute Gasteiger partial charge is 0.438 e. The third-order valence-corrected chi connectivity index (χ3v) is 4.09. The van der Waals surface area contributed by atoms with Crippen molar-refractivity contribution in [3.63, 3.8) is 0 Å². The summed E-state index contributed by atoms with van der Waals surface area (Å²) in [7, 11) is 0. The van der Waals surface area contributed by atoms with Crippen LogP contribution in [0.15, 0.2) is 40.9 Å². The second-order valence-corrected chi connectivity index (χ2v) is 6.72. The van der Waals surface area contributed by atoms with E-state index in [4.69, 9.17) is 4.74 Å². The Morgan fingerprint density at radius 1 is 1.10 bits per heavy atom. The van der Waals surface area contributed by atoms with Crippen molar-refractivity contribution in [1.29, 1.82) is 0 Å². The minimum atomic E-state index is -0.630. The van der Waals surface area contributed by atoms with Crippen LogP contribution in [0.25, 0.3) is 11.1 Å². The van der Waals surface area contributed by atoms with Crippen LogP contribution in [0, 0.1) is 6.92 Å². The molecule has 0 fully saturated rings. The van der Waals surface area contributed by atoms with Gasteiger partial charge in [-0.1, -0.05) is 28.1 Å². The Hall–Kier alpha value is -1.81. The Bertz CT molecular complexity index is 717. The summed E-state index contributed by atoms with van der Waals surface area (Å²) < 4.78 is 6.43. The summed E-state index contributed by atoms with van der Waals surface area (Å²) in [5.41, 5.74) is 4.60. The van der Waals surface area contributed by atoms with Crippen LogP contribution in [0.5, 0.6) is 0 Å². The molecule has 21 heavy (non-hydrogen) atoms. The van der Waals surface area contributed by atoms with Crippen molar-refractivity contribution < 1.29 is 9.53 Å². The Labute approximate surface area is 132 Å². The van der Waals surface area contributed by atoms with Crippen molar-refractivity contribution in [2.24, 2.45) is 0 Å². The van der Waals surface area contributed by atoms with Gasteiger partial charge in [-0.3, -0.25) is 5.32 Å². The molecule has 1 N–H and O–H groups in total. The number of anilines is 1. The Balaban J connectivity index is 2.13. The fourth-order valence-electron chi connectivity index (χ4n) is 2.66. The molecular formula is C17H16BrNO2. The molecule has 0 atom stereocenters. The zero-order valence-electron chi connectivity index (χ0n) is 12.2. The fourth-order valence-corrected chi connectivity index (χ4v) is 3.26. The number of hydrogen-bond donors (Lipinski definition) is 1. The lowest BCUT2D eigenvalue weighted by Gasteiger charge is -2.32. The molecule has 3 nitrogen and oxygen atoms in total. The molecule has 0 aromatic heterocycles. The highest BCUT2D eigenvalue weighted by Gasteiger charge is 2.33. The number of halogens is 1. The highest BCUT2D eigenvalue weighted by molar-refractivity contribution is 9.10. The Morgan fingerprint density at radius 2 is 1.86 bits per heavy atom.